The summed E-state index contributed by atoms with van der Waals surface area (Å²) in [6.45, 7) is 5.60. The van der Waals surface area contributed by atoms with E-state index in [-0.39, 0.29) is 17.5 Å². The van der Waals surface area contributed by atoms with Crippen molar-refractivity contribution in [1.29, 1.82) is 0 Å². The Kier molecular flexibility index (Phi) is 4.09. The van der Waals surface area contributed by atoms with Crippen molar-refractivity contribution in [3.8, 4) is 0 Å². The molecule has 0 radical (unpaired) electrons. The highest BCUT2D eigenvalue weighted by Crippen LogP contribution is 2.53. The Morgan fingerprint density at radius 3 is 2.50 bits per heavy atom. The van der Waals surface area contributed by atoms with Crippen LogP contribution in [0.1, 0.15) is 83.2 Å². The van der Waals surface area contributed by atoms with Crippen molar-refractivity contribution >= 4 is 17.7 Å². The fraction of sp³-hybridized carbons (Fsp3) is 0.762. The van der Waals surface area contributed by atoms with E-state index in [4.69, 9.17) is 9.98 Å². The Morgan fingerprint density at radius 1 is 1.14 bits per heavy atom. The standard InChI is InChI=1S/C21H31N5O2/c1-3-5-14-13-26-16(22-14)15-17(25(12-4-2)19(26)27)24-18(23-15)20-6-9-21(28,10-7-20)11-8-20/h14,28H,3-13H2,1-2H3,(H,23,24)/t14-,20?,21?/m1/s1. The van der Waals surface area contributed by atoms with Crippen LogP contribution in [-0.4, -0.2) is 56.6 Å². The van der Waals surface area contributed by atoms with Gasteiger partial charge in [0.1, 0.15) is 11.5 Å². The number of rotatable bonds is 5. The summed E-state index contributed by atoms with van der Waals surface area (Å²) in [4.78, 5) is 30.4. The first-order valence-corrected chi connectivity index (χ1v) is 11.0. The van der Waals surface area contributed by atoms with Gasteiger partial charge in [-0.1, -0.05) is 20.3 Å². The van der Waals surface area contributed by atoms with E-state index in [1.165, 1.54) is 0 Å². The molecule has 7 heteroatoms. The number of anilines is 1. The lowest BCUT2D eigenvalue weighted by Crippen LogP contribution is -2.50. The second-order valence-corrected chi connectivity index (χ2v) is 9.23. The lowest BCUT2D eigenvalue weighted by Gasteiger charge is -2.49. The molecule has 3 saturated carbocycles. The smallest absolute Gasteiger partial charge is 0.331 e. The highest BCUT2D eigenvalue weighted by Gasteiger charge is 2.51. The quantitative estimate of drug-likeness (QED) is 0.815. The van der Waals surface area contributed by atoms with Gasteiger partial charge in [-0.3, -0.25) is 14.8 Å². The molecule has 1 aromatic heterocycles. The van der Waals surface area contributed by atoms with E-state index in [1.807, 2.05) is 9.80 Å². The zero-order valence-electron chi connectivity index (χ0n) is 17.0. The van der Waals surface area contributed by atoms with Crippen LogP contribution in [0.2, 0.25) is 0 Å². The van der Waals surface area contributed by atoms with Crippen LogP contribution < -0.4 is 4.90 Å². The van der Waals surface area contributed by atoms with Gasteiger partial charge >= 0.3 is 6.03 Å². The van der Waals surface area contributed by atoms with Gasteiger partial charge in [-0.25, -0.2) is 9.78 Å². The van der Waals surface area contributed by atoms with Gasteiger partial charge in [0.2, 0.25) is 0 Å². The molecule has 5 aliphatic rings. The van der Waals surface area contributed by atoms with E-state index < -0.39 is 5.60 Å². The molecule has 2 bridgehead atoms. The molecule has 28 heavy (non-hydrogen) atoms. The molecule has 2 N–H and O–H groups in total. The van der Waals surface area contributed by atoms with Gasteiger partial charge in [-0.15, -0.1) is 0 Å². The van der Waals surface area contributed by atoms with Crippen molar-refractivity contribution in [2.45, 2.75) is 88.7 Å². The summed E-state index contributed by atoms with van der Waals surface area (Å²) in [6, 6.07) is 0.201. The van der Waals surface area contributed by atoms with Crippen LogP contribution in [0.3, 0.4) is 0 Å². The molecule has 1 aromatic rings. The minimum atomic E-state index is -0.460. The van der Waals surface area contributed by atoms with E-state index in [1.54, 1.807) is 0 Å². The molecule has 0 saturated heterocycles. The van der Waals surface area contributed by atoms with E-state index in [2.05, 4.69) is 18.8 Å². The third-order valence-corrected chi connectivity index (χ3v) is 7.36. The number of carbonyl (C=O) groups is 1. The molecular formula is C21H31N5O2. The molecular weight excluding hydrogens is 354 g/mol. The number of carbonyl (C=O) groups excluding carboxylic acids is 1. The largest absolute Gasteiger partial charge is 0.390 e. The zero-order chi connectivity index (χ0) is 19.5. The number of H-pyrrole nitrogens is 1. The normalized spacial score (nSPS) is 33.9. The minimum Gasteiger partial charge on any atom is -0.390 e. The summed E-state index contributed by atoms with van der Waals surface area (Å²) in [5.41, 5.74) is 0.468. The van der Waals surface area contributed by atoms with Crippen LogP contribution >= 0.6 is 0 Å². The third kappa shape index (κ3) is 2.55. The summed E-state index contributed by atoms with van der Waals surface area (Å²) in [5.74, 6) is 2.54. The second-order valence-electron chi connectivity index (χ2n) is 9.23. The predicted molar refractivity (Wildman–Crippen MR) is 108 cm³/mol. The number of urea groups is 1. The van der Waals surface area contributed by atoms with E-state index in [0.29, 0.717) is 13.1 Å². The third-order valence-electron chi connectivity index (χ3n) is 7.36. The van der Waals surface area contributed by atoms with Crippen molar-refractivity contribution in [2.75, 3.05) is 18.0 Å². The van der Waals surface area contributed by atoms with Crippen LogP contribution in [-0.2, 0) is 5.41 Å². The van der Waals surface area contributed by atoms with Crippen molar-refractivity contribution < 1.29 is 9.90 Å². The first-order chi connectivity index (χ1) is 13.5. The average molecular weight is 386 g/mol. The number of imidazole rings is 1. The highest BCUT2D eigenvalue weighted by atomic mass is 16.3. The number of nitrogens with one attached hydrogen (secondary N) is 1. The molecule has 1 atom stereocenters. The number of hydrogen-bond donors (Lipinski definition) is 2. The van der Waals surface area contributed by atoms with Gasteiger partial charge in [-0.05, 0) is 51.4 Å². The molecule has 3 fully saturated rings. The molecule has 0 spiro atoms. The topological polar surface area (TPSA) is 84.8 Å². The lowest BCUT2D eigenvalue weighted by molar-refractivity contribution is -0.0678. The number of aromatic nitrogens is 2. The number of amides is 2. The maximum atomic E-state index is 13.2. The van der Waals surface area contributed by atoms with Crippen LogP contribution in [0, 0.1) is 0 Å². The van der Waals surface area contributed by atoms with Crippen LogP contribution in [0.25, 0.3) is 0 Å². The molecule has 2 aliphatic heterocycles. The van der Waals surface area contributed by atoms with Crippen molar-refractivity contribution in [2.24, 2.45) is 4.99 Å². The van der Waals surface area contributed by atoms with E-state index in [9.17, 15) is 9.90 Å². The van der Waals surface area contributed by atoms with Crippen LogP contribution in [0.15, 0.2) is 4.99 Å². The fourth-order valence-electron chi connectivity index (χ4n) is 5.59. The molecule has 0 unspecified atom stereocenters. The first kappa shape index (κ1) is 18.2. The Balaban J connectivity index is 1.56. The van der Waals surface area contributed by atoms with Crippen molar-refractivity contribution in [1.82, 2.24) is 14.9 Å². The van der Waals surface area contributed by atoms with Crippen LogP contribution in [0.5, 0.6) is 0 Å². The predicted octanol–water partition coefficient (Wildman–Crippen LogP) is 3.33. The van der Waals surface area contributed by atoms with Gasteiger partial charge in [-0.2, -0.15) is 0 Å². The molecule has 3 aliphatic carbocycles. The number of aliphatic hydroxyl groups is 1. The lowest BCUT2D eigenvalue weighted by atomic mass is 9.58. The summed E-state index contributed by atoms with van der Waals surface area (Å²) in [6.07, 6.45) is 8.40. The van der Waals surface area contributed by atoms with E-state index in [0.717, 1.165) is 81.0 Å². The number of amidine groups is 1. The molecule has 7 nitrogen and oxygen atoms in total. The summed E-state index contributed by atoms with van der Waals surface area (Å²) >= 11 is 0. The molecule has 152 valence electrons. The molecule has 6 rings (SSSR count). The number of aromatic amines is 1. The zero-order valence-corrected chi connectivity index (χ0v) is 17.0. The van der Waals surface area contributed by atoms with Gasteiger partial charge in [0, 0.05) is 12.0 Å². The highest BCUT2D eigenvalue weighted by molar-refractivity contribution is 6.18. The Labute approximate surface area is 166 Å². The first-order valence-electron chi connectivity index (χ1n) is 11.0. The molecule has 0 aromatic carbocycles. The second kappa shape index (κ2) is 6.31. The molecule has 3 heterocycles. The van der Waals surface area contributed by atoms with Gasteiger partial charge < -0.3 is 10.1 Å². The van der Waals surface area contributed by atoms with Crippen molar-refractivity contribution in [3.05, 3.63) is 11.5 Å². The van der Waals surface area contributed by atoms with Crippen molar-refractivity contribution in [3.63, 3.8) is 0 Å². The maximum absolute atomic E-state index is 13.2. The minimum absolute atomic E-state index is 0.00949. The summed E-state index contributed by atoms with van der Waals surface area (Å²) in [7, 11) is 0. The monoisotopic (exact) mass is 385 g/mol. The number of hydrogen-bond acceptors (Lipinski definition) is 4. The van der Waals surface area contributed by atoms with Crippen LogP contribution in [0.4, 0.5) is 10.6 Å². The summed E-state index contributed by atoms with van der Waals surface area (Å²) in [5, 5.41) is 10.6. The number of aliphatic imine (C=N–C) groups is 1. The average Bonchev–Trinajstić information content (AvgIpc) is 3.31. The Hall–Kier alpha value is -1.89. The Bertz CT molecular complexity index is 804. The van der Waals surface area contributed by atoms with E-state index >= 15 is 0 Å². The van der Waals surface area contributed by atoms with Gasteiger partial charge in [0.15, 0.2) is 11.7 Å². The fourth-order valence-corrected chi connectivity index (χ4v) is 5.59. The Morgan fingerprint density at radius 2 is 1.86 bits per heavy atom. The van der Waals surface area contributed by atoms with Gasteiger partial charge in [0.25, 0.3) is 0 Å². The maximum Gasteiger partial charge on any atom is 0.331 e. The number of fused-ring (bicyclic) bond motifs is 6. The number of nitrogens with zero attached hydrogens (tertiary/aromatic N) is 4. The van der Waals surface area contributed by atoms with Gasteiger partial charge in [0.05, 0.1) is 18.2 Å². The SMILES string of the molecule is CCC[C@@H]1CN2C(=O)N(CCC)c3nc(C45CCC(O)(CC4)CC5)[nH]c3C2=N1. The molecule has 2 amide bonds. The summed E-state index contributed by atoms with van der Waals surface area (Å²) < 4.78 is 0.